The first kappa shape index (κ1) is 24.5. The average Bonchev–Trinajstić information content (AvgIpc) is 2.64. The molecule has 1 nitrogen and oxygen atoms in total. The van der Waals surface area contributed by atoms with E-state index in [4.69, 9.17) is 0 Å². The van der Waals surface area contributed by atoms with Crippen molar-refractivity contribution in [2.75, 3.05) is 6.61 Å². The third-order valence-corrected chi connectivity index (χ3v) is 7.99. The molecule has 1 saturated carbocycles. The highest BCUT2D eigenvalue weighted by Gasteiger charge is 2.37. The van der Waals surface area contributed by atoms with Gasteiger partial charge in [-0.15, -0.1) is 0 Å². The molecule has 1 N–H and O–H groups in total. The Morgan fingerprint density at radius 1 is 0.769 bits per heavy atom. The van der Waals surface area contributed by atoms with Crippen molar-refractivity contribution in [3.63, 3.8) is 0 Å². The Kier molecular flexibility index (Phi) is 15.4. The van der Waals surface area contributed by atoms with Crippen molar-refractivity contribution in [1.82, 2.24) is 0 Å². The Hall–Kier alpha value is 0.440. The van der Waals surface area contributed by atoms with Gasteiger partial charge in [-0.05, 0) is 31.6 Å². The second kappa shape index (κ2) is 16.4. The first-order valence-electron chi connectivity index (χ1n) is 12.0. The molecule has 0 saturated heterocycles. The van der Waals surface area contributed by atoms with E-state index in [0.717, 1.165) is 6.42 Å². The zero-order chi connectivity index (χ0) is 18.9. The smallest absolute Gasteiger partial charge is 0.0434 e. The lowest BCUT2D eigenvalue weighted by atomic mass is 9.75. The van der Waals surface area contributed by atoms with Crippen molar-refractivity contribution >= 4 is 15.9 Å². The van der Waals surface area contributed by atoms with E-state index in [2.05, 4.69) is 22.9 Å². The summed E-state index contributed by atoms with van der Waals surface area (Å²) in [7, 11) is 0. The summed E-state index contributed by atoms with van der Waals surface area (Å²) in [4.78, 5) is 0. The van der Waals surface area contributed by atoms with Crippen LogP contribution in [0.4, 0.5) is 0 Å². The van der Waals surface area contributed by atoms with Gasteiger partial charge in [0, 0.05) is 10.9 Å². The highest BCUT2D eigenvalue weighted by Crippen LogP contribution is 2.45. The molecule has 0 spiro atoms. The largest absolute Gasteiger partial charge is 0.396 e. The fourth-order valence-electron chi connectivity index (χ4n) is 4.77. The maximum Gasteiger partial charge on any atom is 0.0434 e. The van der Waals surface area contributed by atoms with Gasteiger partial charge in [0.25, 0.3) is 0 Å². The fraction of sp³-hybridized carbons (Fsp3) is 1.00. The summed E-state index contributed by atoms with van der Waals surface area (Å²) in [5.41, 5.74) is 0. The molecule has 2 atom stereocenters. The van der Waals surface area contributed by atoms with Crippen molar-refractivity contribution in [2.45, 2.75) is 140 Å². The van der Waals surface area contributed by atoms with Crippen LogP contribution < -0.4 is 0 Å². The van der Waals surface area contributed by atoms with E-state index in [1.807, 2.05) is 0 Å². The lowest BCUT2D eigenvalue weighted by molar-refractivity contribution is 0.191. The van der Waals surface area contributed by atoms with Crippen LogP contribution in [-0.4, -0.2) is 16.0 Å². The number of halogens is 1. The van der Waals surface area contributed by atoms with Crippen molar-refractivity contribution in [3.05, 3.63) is 0 Å². The van der Waals surface area contributed by atoms with E-state index in [-0.39, 0.29) is 0 Å². The molecule has 1 aliphatic carbocycles. The number of rotatable bonds is 17. The lowest BCUT2D eigenvalue weighted by Crippen LogP contribution is -2.35. The molecule has 0 aromatic carbocycles. The number of hydrogen-bond acceptors (Lipinski definition) is 1. The molecule has 0 bridgehead atoms. The van der Waals surface area contributed by atoms with Crippen LogP contribution in [0.15, 0.2) is 0 Å². The quantitative estimate of drug-likeness (QED) is 0.181. The normalized spacial score (nSPS) is 23.4. The van der Waals surface area contributed by atoms with Crippen LogP contribution in [0.5, 0.6) is 0 Å². The summed E-state index contributed by atoms with van der Waals surface area (Å²) < 4.78 is 0.338. The number of unbranched alkanes of at least 4 members (excludes halogenated alkanes) is 13. The predicted octanol–water partition coefficient (Wildman–Crippen LogP) is 8.56. The SMILES string of the molecule is CCCCCCCCCCCCCCCCC1(Br)CCCCC1CCO. The minimum Gasteiger partial charge on any atom is -0.396 e. The van der Waals surface area contributed by atoms with Crippen LogP contribution >= 0.6 is 15.9 Å². The van der Waals surface area contributed by atoms with E-state index in [0.29, 0.717) is 16.8 Å². The molecular formula is C24H47BrO. The van der Waals surface area contributed by atoms with Gasteiger partial charge in [0.2, 0.25) is 0 Å². The van der Waals surface area contributed by atoms with Crippen molar-refractivity contribution in [3.8, 4) is 0 Å². The highest BCUT2D eigenvalue weighted by atomic mass is 79.9. The van der Waals surface area contributed by atoms with E-state index in [9.17, 15) is 5.11 Å². The molecule has 0 heterocycles. The molecule has 0 aromatic heterocycles. The minimum absolute atomic E-state index is 0.338. The molecule has 1 aliphatic rings. The summed E-state index contributed by atoms with van der Waals surface area (Å²) in [6, 6.07) is 0. The number of hydrogen-bond donors (Lipinski definition) is 1. The zero-order valence-electron chi connectivity index (χ0n) is 17.8. The van der Waals surface area contributed by atoms with E-state index in [1.54, 1.807) is 0 Å². The summed E-state index contributed by atoms with van der Waals surface area (Å²) in [6.45, 7) is 2.65. The first-order valence-corrected chi connectivity index (χ1v) is 12.8. The maximum absolute atomic E-state index is 9.32. The van der Waals surface area contributed by atoms with Gasteiger partial charge in [-0.3, -0.25) is 0 Å². The zero-order valence-corrected chi connectivity index (χ0v) is 19.3. The van der Waals surface area contributed by atoms with E-state index >= 15 is 0 Å². The fourth-order valence-corrected chi connectivity index (χ4v) is 5.79. The van der Waals surface area contributed by atoms with E-state index in [1.165, 1.54) is 122 Å². The maximum atomic E-state index is 9.32. The van der Waals surface area contributed by atoms with Gasteiger partial charge in [0.05, 0.1) is 0 Å². The summed E-state index contributed by atoms with van der Waals surface area (Å²) in [5.74, 6) is 0.697. The van der Waals surface area contributed by atoms with Gasteiger partial charge in [-0.2, -0.15) is 0 Å². The van der Waals surface area contributed by atoms with Gasteiger partial charge >= 0.3 is 0 Å². The Morgan fingerprint density at radius 2 is 1.27 bits per heavy atom. The van der Waals surface area contributed by atoms with Crippen molar-refractivity contribution in [2.24, 2.45) is 5.92 Å². The second-order valence-corrected chi connectivity index (χ2v) is 10.4. The Bertz CT molecular complexity index is 305. The molecule has 26 heavy (non-hydrogen) atoms. The summed E-state index contributed by atoms with van der Waals surface area (Å²) in [5, 5.41) is 9.32. The Balaban J connectivity index is 1.89. The molecule has 1 fully saturated rings. The molecule has 0 amide bonds. The lowest BCUT2D eigenvalue weighted by Gasteiger charge is -2.40. The Morgan fingerprint density at radius 3 is 1.77 bits per heavy atom. The number of alkyl halides is 1. The molecular weight excluding hydrogens is 384 g/mol. The van der Waals surface area contributed by atoms with E-state index < -0.39 is 0 Å². The van der Waals surface area contributed by atoms with Crippen LogP contribution in [0, 0.1) is 5.92 Å². The second-order valence-electron chi connectivity index (χ2n) is 8.84. The summed E-state index contributed by atoms with van der Waals surface area (Å²) in [6.07, 6.45) is 27.7. The number of aliphatic hydroxyl groups is 1. The van der Waals surface area contributed by atoms with Crippen LogP contribution in [0.2, 0.25) is 0 Å². The predicted molar refractivity (Wildman–Crippen MR) is 120 cm³/mol. The molecule has 0 radical (unpaired) electrons. The third-order valence-electron chi connectivity index (χ3n) is 6.55. The minimum atomic E-state index is 0.338. The molecule has 2 heteroatoms. The molecule has 156 valence electrons. The first-order chi connectivity index (χ1) is 12.7. The van der Waals surface area contributed by atoms with Crippen LogP contribution in [-0.2, 0) is 0 Å². The van der Waals surface area contributed by atoms with Crippen LogP contribution in [0.3, 0.4) is 0 Å². The standard InChI is InChI=1S/C24H47BrO/c1-2-3-4-5-6-7-8-9-10-11-12-13-14-16-20-24(25)21-17-15-18-23(24)19-22-26/h23,26H,2-22H2,1H3. The molecule has 1 rings (SSSR count). The molecule has 2 unspecified atom stereocenters. The van der Waals surface area contributed by atoms with Gasteiger partial charge in [-0.25, -0.2) is 0 Å². The van der Waals surface area contributed by atoms with Gasteiger partial charge in [0.15, 0.2) is 0 Å². The molecule has 0 aliphatic heterocycles. The highest BCUT2D eigenvalue weighted by molar-refractivity contribution is 9.10. The van der Waals surface area contributed by atoms with Crippen molar-refractivity contribution < 1.29 is 5.11 Å². The van der Waals surface area contributed by atoms with Gasteiger partial charge in [-0.1, -0.05) is 126 Å². The average molecular weight is 432 g/mol. The Labute approximate surface area is 173 Å². The molecule has 0 aromatic rings. The topological polar surface area (TPSA) is 20.2 Å². The van der Waals surface area contributed by atoms with Gasteiger partial charge < -0.3 is 5.11 Å². The third kappa shape index (κ3) is 11.3. The van der Waals surface area contributed by atoms with Gasteiger partial charge in [0.1, 0.15) is 0 Å². The van der Waals surface area contributed by atoms with Crippen LogP contribution in [0.1, 0.15) is 135 Å². The summed E-state index contributed by atoms with van der Waals surface area (Å²) >= 11 is 4.09. The monoisotopic (exact) mass is 430 g/mol. The number of aliphatic hydroxyl groups excluding tert-OH is 1. The van der Waals surface area contributed by atoms with Crippen LogP contribution in [0.25, 0.3) is 0 Å². The van der Waals surface area contributed by atoms with Crippen molar-refractivity contribution in [1.29, 1.82) is 0 Å².